The summed E-state index contributed by atoms with van der Waals surface area (Å²) in [5, 5.41) is 2.60. The van der Waals surface area contributed by atoms with Crippen molar-refractivity contribution in [1.82, 2.24) is 5.32 Å². The monoisotopic (exact) mass is 287 g/mol. The fraction of sp³-hybridized carbons (Fsp3) is 0.857. The average molecular weight is 287 g/mol. The summed E-state index contributed by atoms with van der Waals surface area (Å²) in [5.41, 5.74) is 0. The number of hydrogen-bond acceptors (Lipinski definition) is 5. The van der Waals surface area contributed by atoms with Crippen LogP contribution in [0.15, 0.2) is 0 Å². The molecule has 0 aromatic rings. The zero-order chi connectivity index (χ0) is 15.0. The van der Waals surface area contributed by atoms with E-state index in [1.54, 1.807) is 6.92 Å². The Kier molecular flexibility index (Phi) is 7.36. The summed E-state index contributed by atoms with van der Waals surface area (Å²) in [6, 6.07) is -0.651. The Morgan fingerprint density at radius 3 is 2.50 bits per heavy atom. The Bertz CT molecular complexity index is 313. The van der Waals surface area contributed by atoms with E-state index >= 15 is 0 Å². The van der Waals surface area contributed by atoms with Crippen LogP contribution in [-0.2, 0) is 19.0 Å². The molecule has 1 heterocycles. The van der Waals surface area contributed by atoms with Gasteiger partial charge >= 0.3 is 12.1 Å². The lowest BCUT2D eigenvalue weighted by Gasteiger charge is -2.24. The molecule has 116 valence electrons. The Morgan fingerprint density at radius 1 is 1.30 bits per heavy atom. The van der Waals surface area contributed by atoms with Crippen molar-refractivity contribution in [3.05, 3.63) is 0 Å². The SMILES string of the molecule is CCOC(=O)[C@H](CC(C)C)NC(=O)OC1CCOCC1. The van der Waals surface area contributed by atoms with Gasteiger partial charge in [-0.2, -0.15) is 0 Å². The maximum Gasteiger partial charge on any atom is 0.408 e. The summed E-state index contributed by atoms with van der Waals surface area (Å²) >= 11 is 0. The van der Waals surface area contributed by atoms with Crippen LogP contribution in [0.1, 0.15) is 40.0 Å². The number of rotatable bonds is 6. The summed E-state index contributed by atoms with van der Waals surface area (Å²) in [6.45, 7) is 7.21. The van der Waals surface area contributed by atoms with Crippen LogP contribution in [0.5, 0.6) is 0 Å². The fourth-order valence-corrected chi connectivity index (χ4v) is 2.05. The molecule has 20 heavy (non-hydrogen) atoms. The molecule has 0 saturated carbocycles. The fourth-order valence-electron chi connectivity index (χ4n) is 2.05. The third-order valence-electron chi connectivity index (χ3n) is 3.01. The van der Waals surface area contributed by atoms with E-state index in [-0.39, 0.29) is 12.0 Å². The lowest BCUT2D eigenvalue weighted by atomic mass is 10.0. The van der Waals surface area contributed by atoms with Crippen LogP contribution in [0.2, 0.25) is 0 Å². The molecule has 1 aliphatic rings. The maximum absolute atomic E-state index is 11.8. The van der Waals surface area contributed by atoms with Crippen molar-refractivity contribution < 1.29 is 23.8 Å². The second-order valence-corrected chi connectivity index (χ2v) is 5.30. The van der Waals surface area contributed by atoms with Crippen LogP contribution in [0.25, 0.3) is 0 Å². The second-order valence-electron chi connectivity index (χ2n) is 5.30. The van der Waals surface area contributed by atoms with E-state index < -0.39 is 18.1 Å². The first-order valence-corrected chi connectivity index (χ1v) is 7.24. The summed E-state index contributed by atoms with van der Waals surface area (Å²) in [6.07, 6.45) is 1.23. The van der Waals surface area contributed by atoms with Gasteiger partial charge in [-0.15, -0.1) is 0 Å². The molecule has 0 aromatic heterocycles. The molecular weight excluding hydrogens is 262 g/mol. The van der Waals surface area contributed by atoms with Crippen LogP contribution in [0.3, 0.4) is 0 Å². The average Bonchev–Trinajstić information content (AvgIpc) is 2.38. The minimum atomic E-state index is -0.651. The van der Waals surface area contributed by atoms with Gasteiger partial charge in [-0.25, -0.2) is 9.59 Å². The predicted octanol–water partition coefficient (Wildman–Crippen LogP) is 1.87. The van der Waals surface area contributed by atoms with Crippen molar-refractivity contribution in [3.63, 3.8) is 0 Å². The molecule has 1 atom stereocenters. The Labute approximate surface area is 120 Å². The lowest BCUT2D eigenvalue weighted by Crippen LogP contribution is -2.44. The molecule has 0 spiro atoms. The van der Waals surface area contributed by atoms with E-state index in [2.05, 4.69) is 5.32 Å². The summed E-state index contributed by atoms with van der Waals surface area (Å²) in [7, 11) is 0. The van der Waals surface area contributed by atoms with E-state index in [9.17, 15) is 9.59 Å². The molecule has 1 fully saturated rings. The molecule has 0 aromatic carbocycles. The van der Waals surface area contributed by atoms with E-state index in [0.717, 1.165) is 0 Å². The van der Waals surface area contributed by atoms with Gasteiger partial charge in [-0.05, 0) is 19.3 Å². The largest absolute Gasteiger partial charge is 0.464 e. The highest BCUT2D eigenvalue weighted by atomic mass is 16.6. The topological polar surface area (TPSA) is 73.9 Å². The van der Waals surface area contributed by atoms with Crippen LogP contribution in [0, 0.1) is 5.92 Å². The van der Waals surface area contributed by atoms with E-state index in [1.807, 2.05) is 13.8 Å². The van der Waals surface area contributed by atoms with Gasteiger partial charge < -0.3 is 19.5 Å². The molecule has 0 bridgehead atoms. The van der Waals surface area contributed by atoms with Crippen LogP contribution >= 0.6 is 0 Å². The number of alkyl carbamates (subject to hydrolysis) is 1. The van der Waals surface area contributed by atoms with E-state index in [4.69, 9.17) is 14.2 Å². The third kappa shape index (κ3) is 6.23. The van der Waals surface area contributed by atoms with Gasteiger partial charge in [0.15, 0.2) is 0 Å². The van der Waals surface area contributed by atoms with Gasteiger partial charge in [0.25, 0.3) is 0 Å². The van der Waals surface area contributed by atoms with Crippen molar-refractivity contribution in [1.29, 1.82) is 0 Å². The van der Waals surface area contributed by atoms with Gasteiger partial charge in [-0.3, -0.25) is 0 Å². The Balaban J connectivity index is 2.45. The first-order valence-electron chi connectivity index (χ1n) is 7.24. The number of nitrogens with one attached hydrogen (secondary N) is 1. The molecule has 1 saturated heterocycles. The van der Waals surface area contributed by atoms with Crippen molar-refractivity contribution >= 4 is 12.1 Å². The molecule has 1 rings (SSSR count). The molecule has 1 N–H and O–H groups in total. The number of amides is 1. The first-order chi connectivity index (χ1) is 9.52. The molecule has 1 amide bonds. The molecule has 0 unspecified atom stereocenters. The molecule has 6 heteroatoms. The number of ether oxygens (including phenoxy) is 3. The molecule has 1 aliphatic heterocycles. The minimum absolute atomic E-state index is 0.134. The van der Waals surface area contributed by atoms with Crippen molar-refractivity contribution in [2.24, 2.45) is 5.92 Å². The maximum atomic E-state index is 11.8. The van der Waals surface area contributed by atoms with Crippen LogP contribution in [0.4, 0.5) is 4.79 Å². The first kappa shape index (κ1) is 16.8. The Hall–Kier alpha value is -1.30. The van der Waals surface area contributed by atoms with Crippen LogP contribution in [-0.4, -0.2) is 44.0 Å². The number of carbonyl (C=O) groups excluding carboxylic acids is 2. The van der Waals surface area contributed by atoms with E-state index in [0.29, 0.717) is 39.1 Å². The molecular formula is C14H25NO5. The second kappa shape index (κ2) is 8.79. The van der Waals surface area contributed by atoms with Gasteiger partial charge in [0.1, 0.15) is 12.1 Å². The third-order valence-corrected chi connectivity index (χ3v) is 3.01. The highest BCUT2D eigenvalue weighted by Crippen LogP contribution is 2.12. The minimum Gasteiger partial charge on any atom is -0.464 e. The molecule has 0 radical (unpaired) electrons. The summed E-state index contributed by atoms with van der Waals surface area (Å²) in [4.78, 5) is 23.6. The quantitative estimate of drug-likeness (QED) is 0.755. The summed E-state index contributed by atoms with van der Waals surface area (Å²) < 4.78 is 15.5. The van der Waals surface area contributed by atoms with Crippen LogP contribution < -0.4 is 5.32 Å². The Morgan fingerprint density at radius 2 is 1.95 bits per heavy atom. The molecule has 0 aliphatic carbocycles. The summed E-state index contributed by atoms with van der Waals surface area (Å²) in [5.74, 6) is -0.141. The van der Waals surface area contributed by atoms with Gasteiger partial charge in [0, 0.05) is 12.8 Å². The number of hydrogen-bond donors (Lipinski definition) is 1. The van der Waals surface area contributed by atoms with E-state index in [1.165, 1.54) is 0 Å². The number of esters is 1. The van der Waals surface area contributed by atoms with Crippen molar-refractivity contribution in [3.8, 4) is 0 Å². The van der Waals surface area contributed by atoms with Crippen molar-refractivity contribution in [2.45, 2.75) is 52.2 Å². The zero-order valence-corrected chi connectivity index (χ0v) is 12.5. The highest BCUT2D eigenvalue weighted by molar-refractivity contribution is 5.81. The van der Waals surface area contributed by atoms with Gasteiger partial charge in [0.05, 0.1) is 19.8 Å². The van der Waals surface area contributed by atoms with Gasteiger partial charge in [-0.1, -0.05) is 13.8 Å². The van der Waals surface area contributed by atoms with Gasteiger partial charge in [0.2, 0.25) is 0 Å². The zero-order valence-electron chi connectivity index (χ0n) is 12.5. The smallest absolute Gasteiger partial charge is 0.408 e. The highest BCUT2D eigenvalue weighted by Gasteiger charge is 2.25. The predicted molar refractivity (Wildman–Crippen MR) is 73.3 cm³/mol. The molecule has 6 nitrogen and oxygen atoms in total. The van der Waals surface area contributed by atoms with Crippen molar-refractivity contribution in [2.75, 3.05) is 19.8 Å². The normalized spacial score (nSPS) is 17.6. The standard InChI is InChI=1S/C14H25NO5/c1-4-19-13(16)12(9-10(2)3)15-14(17)20-11-5-7-18-8-6-11/h10-12H,4-9H2,1-3H3,(H,15,17)/t12-/m0/s1. The number of carbonyl (C=O) groups is 2. The lowest BCUT2D eigenvalue weighted by molar-refractivity contribution is -0.146.